The van der Waals surface area contributed by atoms with Crippen LogP contribution >= 0.6 is 11.3 Å². The van der Waals surface area contributed by atoms with Crippen molar-refractivity contribution in [1.29, 1.82) is 0 Å². The molecular weight excluding hydrogens is 352 g/mol. The molecule has 1 aromatic carbocycles. The van der Waals surface area contributed by atoms with E-state index >= 15 is 0 Å². The van der Waals surface area contributed by atoms with Crippen molar-refractivity contribution >= 4 is 17.2 Å². The highest BCUT2D eigenvalue weighted by molar-refractivity contribution is 7.09. The lowest BCUT2D eigenvalue weighted by Crippen LogP contribution is -2.34. The SMILES string of the molecule is CCCCC1CCC(C(=O)NCCc2ccc(-c3csc(C)n3)cc2)CC1. The average Bonchev–Trinajstić information content (AvgIpc) is 3.13. The van der Waals surface area contributed by atoms with E-state index < -0.39 is 0 Å². The topological polar surface area (TPSA) is 42.0 Å². The van der Waals surface area contributed by atoms with Crippen LogP contribution in [0, 0.1) is 18.8 Å². The average molecular weight is 385 g/mol. The molecular formula is C23H32N2OS. The molecule has 1 N–H and O–H groups in total. The predicted molar refractivity (Wildman–Crippen MR) is 114 cm³/mol. The largest absolute Gasteiger partial charge is 0.356 e. The zero-order valence-corrected chi connectivity index (χ0v) is 17.5. The fourth-order valence-electron chi connectivity index (χ4n) is 4.02. The lowest BCUT2D eigenvalue weighted by Gasteiger charge is -2.27. The molecule has 0 bridgehead atoms. The number of amides is 1. The highest BCUT2D eigenvalue weighted by Gasteiger charge is 2.25. The number of rotatable bonds is 8. The molecule has 0 radical (unpaired) electrons. The summed E-state index contributed by atoms with van der Waals surface area (Å²) < 4.78 is 0. The van der Waals surface area contributed by atoms with E-state index in [0.29, 0.717) is 0 Å². The third-order valence-electron chi connectivity index (χ3n) is 5.77. The van der Waals surface area contributed by atoms with Gasteiger partial charge in [0.05, 0.1) is 10.7 Å². The summed E-state index contributed by atoms with van der Waals surface area (Å²) in [5.41, 5.74) is 3.47. The standard InChI is InChI=1S/C23H32N2OS/c1-3-4-5-18-8-12-21(13-9-18)23(26)24-15-14-19-6-10-20(11-7-19)22-16-27-17(2)25-22/h6-7,10-11,16,18,21H,3-5,8-9,12-15H2,1-2H3,(H,24,26). The summed E-state index contributed by atoms with van der Waals surface area (Å²) in [5.74, 6) is 1.35. The molecule has 0 unspecified atom stereocenters. The fraction of sp³-hybridized carbons (Fsp3) is 0.565. The summed E-state index contributed by atoms with van der Waals surface area (Å²) in [7, 11) is 0. The van der Waals surface area contributed by atoms with E-state index in [1.54, 1.807) is 11.3 Å². The van der Waals surface area contributed by atoms with Gasteiger partial charge in [0.25, 0.3) is 0 Å². The van der Waals surface area contributed by atoms with Crippen LogP contribution in [0.2, 0.25) is 0 Å². The number of nitrogens with one attached hydrogen (secondary N) is 1. The molecule has 0 saturated heterocycles. The van der Waals surface area contributed by atoms with Crippen molar-refractivity contribution < 1.29 is 4.79 Å². The van der Waals surface area contributed by atoms with Gasteiger partial charge in [0, 0.05) is 23.4 Å². The van der Waals surface area contributed by atoms with Crippen LogP contribution in [0.15, 0.2) is 29.6 Å². The van der Waals surface area contributed by atoms with Gasteiger partial charge < -0.3 is 5.32 Å². The molecule has 1 heterocycles. The van der Waals surface area contributed by atoms with Gasteiger partial charge in [-0.25, -0.2) is 4.98 Å². The van der Waals surface area contributed by atoms with E-state index in [1.165, 1.54) is 37.7 Å². The summed E-state index contributed by atoms with van der Waals surface area (Å²) >= 11 is 1.68. The Morgan fingerprint density at radius 1 is 1.19 bits per heavy atom. The number of aromatic nitrogens is 1. The van der Waals surface area contributed by atoms with E-state index in [9.17, 15) is 4.79 Å². The van der Waals surface area contributed by atoms with E-state index in [-0.39, 0.29) is 11.8 Å². The monoisotopic (exact) mass is 384 g/mol. The van der Waals surface area contributed by atoms with Crippen molar-refractivity contribution in [2.45, 2.75) is 65.2 Å². The number of carbonyl (C=O) groups is 1. The predicted octanol–water partition coefficient (Wildman–Crippen LogP) is 5.77. The minimum atomic E-state index is 0.234. The molecule has 4 heteroatoms. The van der Waals surface area contributed by atoms with Crippen LogP contribution < -0.4 is 5.32 Å². The number of hydrogen-bond acceptors (Lipinski definition) is 3. The molecule has 3 nitrogen and oxygen atoms in total. The van der Waals surface area contributed by atoms with Gasteiger partial charge in [0.2, 0.25) is 5.91 Å². The molecule has 0 aliphatic heterocycles. The summed E-state index contributed by atoms with van der Waals surface area (Å²) in [6.45, 7) is 5.01. The summed E-state index contributed by atoms with van der Waals surface area (Å²) in [5, 5.41) is 6.35. The number of benzene rings is 1. The zero-order valence-electron chi connectivity index (χ0n) is 16.7. The maximum Gasteiger partial charge on any atom is 0.223 e. The minimum Gasteiger partial charge on any atom is -0.356 e. The third-order valence-corrected chi connectivity index (χ3v) is 6.54. The van der Waals surface area contributed by atoms with Crippen molar-refractivity contribution in [1.82, 2.24) is 10.3 Å². The van der Waals surface area contributed by atoms with Gasteiger partial charge in [-0.3, -0.25) is 4.79 Å². The third kappa shape index (κ3) is 5.90. The van der Waals surface area contributed by atoms with E-state index in [2.05, 4.69) is 46.9 Å². The van der Waals surface area contributed by atoms with Gasteiger partial charge >= 0.3 is 0 Å². The quantitative estimate of drug-likeness (QED) is 0.627. The molecule has 1 saturated carbocycles. The van der Waals surface area contributed by atoms with Gasteiger partial charge in [0.15, 0.2) is 0 Å². The Hall–Kier alpha value is -1.68. The Morgan fingerprint density at radius 2 is 1.93 bits per heavy atom. The smallest absolute Gasteiger partial charge is 0.223 e. The molecule has 1 aliphatic rings. The van der Waals surface area contributed by atoms with Crippen molar-refractivity contribution in [2.24, 2.45) is 11.8 Å². The summed E-state index contributed by atoms with van der Waals surface area (Å²) in [4.78, 5) is 17.0. The van der Waals surface area contributed by atoms with Crippen LogP contribution in [0.4, 0.5) is 0 Å². The van der Waals surface area contributed by atoms with Crippen LogP contribution in [0.25, 0.3) is 11.3 Å². The Kier molecular flexibility index (Phi) is 7.45. The van der Waals surface area contributed by atoms with Gasteiger partial charge in [-0.1, -0.05) is 50.5 Å². The van der Waals surface area contributed by atoms with E-state index in [4.69, 9.17) is 0 Å². The minimum absolute atomic E-state index is 0.234. The van der Waals surface area contributed by atoms with E-state index in [0.717, 1.165) is 48.0 Å². The first kappa shape index (κ1) is 20.1. The first-order valence-corrected chi connectivity index (χ1v) is 11.3. The lowest BCUT2D eigenvalue weighted by atomic mass is 9.79. The lowest BCUT2D eigenvalue weighted by molar-refractivity contribution is -0.126. The molecule has 0 atom stereocenters. The molecule has 3 rings (SSSR count). The number of unbranched alkanes of at least 4 members (excludes halogenated alkanes) is 1. The second-order valence-corrected chi connectivity index (χ2v) is 8.91. The molecule has 146 valence electrons. The highest BCUT2D eigenvalue weighted by Crippen LogP contribution is 2.32. The Morgan fingerprint density at radius 3 is 2.56 bits per heavy atom. The molecule has 2 aromatic rings. The van der Waals surface area contributed by atoms with Crippen LogP contribution in [0.1, 0.15) is 62.4 Å². The second kappa shape index (κ2) is 10.0. The van der Waals surface area contributed by atoms with Gasteiger partial charge in [-0.15, -0.1) is 11.3 Å². The number of nitrogens with zero attached hydrogens (tertiary/aromatic N) is 1. The normalized spacial score (nSPS) is 19.8. The second-order valence-electron chi connectivity index (χ2n) is 7.85. The summed E-state index contributed by atoms with van der Waals surface area (Å²) in [6.07, 6.45) is 9.46. The number of aryl methyl sites for hydroxylation is 1. The van der Waals surface area contributed by atoms with Crippen LogP contribution in [0.5, 0.6) is 0 Å². The zero-order chi connectivity index (χ0) is 19.1. The number of thiazole rings is 1. The summed E-state index contributed by atoms with van der Waals surface area (Å²) in [6, 6.07) is 8.55. The Balaban J connectivity index is 1.39. The maximum atomic E-state index is 12.4. The van der Waals surface area contributed by atoms with Gasteiger partial charge in [-0.05, 0) is 50.5 Å². The Bertz CT molecular complexity index is 714. The molecule has 1 aliphatic carbocycles. The first-order valence-electron chi connectivity index (χ1n) is 10.4. The van der Waals surface area contributed by atoms with Crippen LogP contribution in [-0.4, -0.2) is 17.4 Å². The molecule has 0 spiro atoms. The number of carbonyl (C=O) groups excluding carboxylic acids is 1. The van der Waals surface area contributed by atoms with Crippen molar-refractivity contribution in [3.63, 3.8) is 0 Å². The molecule has 27 heavy (non-hydrogen) atoms. The first-order chi connectivity index (χ1) is 13.2. The Labute approximate surface area is 167 Å². The highest BCUT2D eigenvalue weighted by atomic mass is 32.1. The molecule has 1 aromatic heterocycles. The van der Waals surface area contributed by atoms with Gasteiger partial charge in [0.1, 0.15) is 0 Å². The number of hydrogen-bond donors (Lipinski definition) is 1. The molecule has 1 amide bonds. The van der Waals surface area contributed by atoms with E-state index in [1.807, 2.05) is 6.92 Å². The van der Waals surface area contributed by atoms with Crippen LogP contribution in [0.3, 0.4) is 0 Å². The van der Waals surface area contributed by atoms with Crippen molar-refractivity contribution in [2.75, 3.05) is 6.54 Å². The van der Waals surface area contributed by atoms with Crippen molar-refractivity contribution in [3.05, 3.63) is 40.2 Å². The van der Waals surface area contributed by atoms with Gasteiger partial charge in [-0.2, -0.15) is 0 Å². The van der Waals surface area contributed by atoms with Crippen LogP contribution in [-0.2, 0) is 11.2 Å². The van der Waals surface area contributed by atoms with Crippen molar-refractivity contribution in [3.8, 4) is 11.3 Å². The fourth-order valence-corrected chi connectivity index (χ4v) is 4.64. The molecule has 1 fully saturated rings. The maximum absolute atomic E-state index is 12.4.